The summed E-state index contributed by atoms with van der Waals surface area (Å²) in [5.41, 5.74) is 2.02. The van der Waals surface area contributed by atoms with Gasteiger partial charge in [0.1, 0.15) is 6.10 Å². The summed E-state index contributed by atoms with van der Waals surface area (Å²) in [5, 5.41) is 3.40. The molecule has 6 nitrogen and oxygen atoms in total. The summed E-state index contributed by atoms with van der Waals surface area (Å²) >= 11 is 0. The molecule has 2 aliphatic heterocycles. The van der Waals surface area contributed by atoms with Crippen LogP contribution < -0.4 is 5.32 Å². The van der Waals surface area contributed by atoms with Crippen LogP contribution in [0, 0.1) is 6.92 Å². The molecule has 0 radical (unpaired) electrons. The predicted molar refractivity (Wildman–Crippen MR) is 94.1 cm³/mol. The fourth-order valence-corrected chi connectivity index (χ4v) is 3.26. The highest BCUT2D eigenvalue weighted by molar-refractivity contribution is 5.80. The molecule has 1 aromatic rings. The number of aliphatic imine (C=N–C) groups is 1. The van der Waals surface area contributed by atoms with Crippen LogP contribution in [0.1, 0.15) is 31.2 Å². The topological polar surface area (TPSA) is 59.0 Å². The molecule has 6 heteroatoms. The van der Waals surface area contributed by atoms with E-state index in [9.17, 15) is 0 Å². The summed E-state index contributed by atoms with van der Waals surface area (Å²) in [6.45, 7) is 8.81. The van der Waals surface area contributed by atoms with Gasteiger partial charge in [0, 0.05) is 31.9 Å². The van der Waals surface area contributed by atoms with Crippen LogP contribution in [-0.2, 0) is 16.0 Å². The zero-order valence-corrected chi connectivity index (χ0v) is 14.7. The Morgan fingerprint density at radius 2 is 2.21 bits per heavy atom. The van der Waals surface area contributed by atoms with Crippen molar-refractivity contribution in [3.05, 3.63) is 29.6 Å². The third kappa shape index (κ3) is 4.45. The maximum atomic E-state index is 5.94. The van der Waals surface area contributed by atoms with Crippen LogP contribution in [0.15, 0.2) is 23.2 Å². The van der Waals surface area contributed by atoms with Crippen molar-refractivity contribution in [1.29, 1.82) is 0 Å². The number of nitrogens with zero attached hydrogens (tertiary/aromatic N) is 3. The van der Waals surface area contributed by atoms with E-state index in [1.807, 2.05) is 25.1 Å². The molecule has 3 heterocycles. The summed E-state index contributed by atoms with van der Waals surface area (Å²) in [7, 11) is 0. The Morgan fingerprint density at radius 1 is 1.33 bits per heavy atom. The molecule has 24 heavy (non-hydrogen) atoms. The summed E-state index contributed by atoms with van der Waals surface area (Å²) in [6, 6.07) is 6.06. The minimum atomic E-state index is 0.141. The Bertz CT molecular complexity index is 558. The minimum absolute atomic E-state index is 0.141. The average Bonchev–Trinajstić information content (AvgIpc) is 3.13. The smallest absolute Gasteiger partial charge is 0.194 e. The van der Waals surface area contributed by atoms with Gasteiger partial charge >= 0.3 is 0 Å². The molecule has 1 aromatic heterocycles. The second-order valence-electron chi connectivity index (χ2n) is 6.35. The third-order valence-corrected chi connectivity index (χ3v) is 4.44. The van der Waals surface area contributed by atoms with Gasteiger partial charge in [-0.05, 0) is 38.8 Å². The zero-order chi connectivity index (χ0) is 16.8. The van der Waals surface area contributed by atoms with Crippen LogP contribution in [0.3, 0.4) is 0 Å². The quantitative estimate of drug-likeness (QED) is 0.672. The second-order valence-corrected chi connectivity index (χ2v) is 6.35. The number of nitrogens with one attached hydrogen (secondary N) is 1. The van der Waals surface area contributed by atoms with Gasteiger partial charge < -0.3 is 19.7 Å². The fraction of sp³-hybridized carbons (Fsp3) is 0.667. The summed E-state index contributed by atoms with van der Waals surface area (Å²) in [5.74, 6) is 0.937. The first kappa shape index (κ1) is 17.2. The molecular formula is C18H28N4O2. The molecule has 132 valence electrons. The van der Waals surface area contributed by atoms with Gasteiger partial charge in [-0.25, -0.2) is 4.99 Å². The second kappa shape index (κ2) is 8.44. The molecule has 2 atom stereocenters. The van der Waals surface area contributed by atoms with Crippen molar-refractivity contribution >= 4 is 5.96 Å². The van der Waals surface area contributed by atoms with E-state index in [0.29, 0.717) is 6.54 Å². The van der Waals surface area contributed by atoms with E-state index in [-0.39, 0.29) is 12.2 Å². The van der Waals surface area contributed by atoms with Crippen LogP contribution in [0.2, 0.25) is 0 Å². The minimum Gasteiger partial charge on any atom is -0.375 e. The first-order valence-corrected chi connectivity index (χ1v) is 8.95. The van der Waals surface area contributed by atoms with Crippen molar-refractivity contribution in [2.24, 2.45) is 4.99 Å². The number of ether oxygens (including phenoxy) is 2. The normalized spacial score (nSPS) is 25.1. The van der Waals surface area contributed by atoms with Crippen molar-refractivity contribution in [3.63, 3.8) is 0 Å². The van der Waals surface area contributed by atoms with Gasteiger partial charge in [-0.2, -0.15) is 0 Å². The Balaban J connectivity index is 1.66. The Kier molecular flexibility index (Phi) is 6.04. The fourth-order valence-electron chi connectivity index (χ4n) is 3.26. The maximum absolute atomic E-state index is 5.94. The Labute approximate surface area is 144 Å². The van der Waals surface area contributed by atoms with Crippen molar-refractivity contribution in [3.8, 4) is 0 Å². The SMILES string of the molecule is CCNC(=NCc1cccc(C)n1)N1CCOC(C2CCCO2)C1. The van der Waals surface area contributed by atoms with Gasteiger partial charge in [-0.3, -0.25) is 4.98 Å². The van der Waals surface area contributed by atoms with Gasteiger partial charge in [-0.1, -0.05) is 6.07 Å². The lowest BCUT2D eigenvalue weighted by Gasteiger charge is -2.37. The summed E-state index contributed by atoms with van der Waals surface area (Å²) < 4.78 is 11.7. The molecule has 2 aliphatic rings. The van der Waals surface area contributed by atoms with Crippen molar-refractivity contribution in [1.82, 2.24) is 15.2 Å². The van der Waals surface area contributed by atoms with E-state index in [4.69, 9.17) is 14.5 Å². The highest BCUT2D eigenvalue weighted by atomic mass is 16.5. The number of guanidine groups is 1. The molecule has 1 N–H and O–H groups in total. The highest BCUT2D eigenvalue weighted by Crippen LogP contribution is 2.21. The van der Waals surface area contributed by atoms with Crippen LogP contribution in [0.5, 0.6) is 0 Å². The molecule has 2 unspecified atom stereocenters. The molecule has 2 fully saturated rings. The summed E-state index contributed by atoms with van der Waals surface area (Å²) in [4.78, 5) is 11.6. The lowest BCUT2D eigenvalue weighted by atomic mass is 10.1. The molecule has 0 bridgehead atoms. The molecular weight excluding hydrogens is 304 g/mol. The molecule has 3 rings (SSSR count). The number of aromatic nitrogens is 1. The van der Waals surface area contributed by atoms with Crippen molar-refractivity contribution < 1.29 is 9.47 Å². The molecule has 0 saturated carbocycles. The van der Waals surface area contributed by atoms with E-state index < -0.39 is 0 Å². The zero-order valence-electron chi connectivity index (χ0n) is 14.7. The molecule has 0 spiro atoms. The number of hydrogen-bond acceptors (Lipinski definition) is 4. The van der Waals surface area contributed by atoms with Crippen LogP contribution in [0.25, 0.3) is 0 Å². The Hall–Kier alpha value is -1.66. The predicted octanol–water partition coefficient (Wildman–Crippen LogP) is 1.74. The van der Waals surface area contributed by atoms with Crippen molar-refractivity contribution in [2.75, 3.05) is 32.8 Å². The lowest BCUT2D eigenvalue weighted by Crippen LogP contribution is -2.53. The number of morpholine rings is 1. The largest absolute Gasteiger partial charge is 0.375 e. The first-order chi connectivity index (χ1) is 11.8. The first-order valence-electron chi connectivity index (χ1n) is 8.95. The van der Waals surface area contributed by atoms with Gasteiger partial charge in [0.25, 0.3) is 0 Å². The number of aryl methyl sites for hydroxylation is 1. The molecule has 0 aliphatic carbocycles. The van der Waals surface area contributed by atoms with Crippen LogP contribution in [0.4, 0.5) is 0 Å². The van der Waals surface area contributed by atoms with Gasteiger partial charge in [-0.15, -0.1) is 0 Å². The number of rotatable bonds is 4. The monoisotopic (exact) mass is 332 g/mol. The number of pyridine rings is 1. The molecule has 0 amide bonds. The van der Waals surface area contributed by atoms with E-state index in [0.717, 1.165) is 63.0 Å². The van der Waals surface area contributed by atoms with Gasteiger partial charge in [0.15, 0.2) is 5.96 Å². The number of hydrogen-bond donors (Lipinski definition) is 1. The van der Waals surface area contributed by atoms with Crippen LogP contribution in [-0.4, -0.2) is 60.9 Å². The van der Waals surface area contributed by atoms with Gasteiger partial charge in [0.05, 0.1) is 24.9 Å². The van der Waals surface area contributed by atoms with Gasteiger partial charge in [0.2, 0.25) is 0 Å². The lowest BCUT2D eigenvalue weighted by molar-refractivity contribution is -0.0817. The van der Waals surface area contributed by atoms with Crippen molar-refractivity contribution in [2.45, 2.75) is 45.4 Å². The highest BCUT2D eigenvalue weighted by Gasteiger charge is 2.32. The van der Waals surface area contributed by atoms with E-state index >= 15 is 0 Å². The third-order valence-electron chi connectivity index (χ3n) is 4.44. The van der Waals surface area contributed by atoms with E-state index in [2.05, 4.69) is 22.1 Å². The maximum Gasteiger partial charge on any atom is 0.194 e. The van der Waals surface area contributed by atoms with E-state index in [1.54, 1.807) is 0 Å². The Morgan fingerprint density at radius 3 is 2.96 bits per heavy atom. The molecule has 2 saturated heterocycles. The summed E-state index contributed by atoms with van der Waals surface area (Å²) in [6.07, 6.45) is 2.60. The van der Waals surface area contributed by atoms with E-state index in [1.165, 1.54) is 0 Å². The average molecular weight is 332 g/mol. The molecule has 0 aromatic carbocycles. The van der Waals surface area contributed by atoms with Crippen LogP contribution >= 0.6 is 0 Å². The standard InChI is InChI=1S/C18H28N4O2/c1-3-19-18(20-12-15-7-4-6-14(2)21-15)22-9-11-24-17(13-22)16-8-5-10-23-16/h4,6-7,16-17H,3,5,8-13H2,1-2H3,(H,19,20).